The third kappa shape index (κ3) is 12.1. The zero-order valence-corrected chi connectivity index (χ0v) is 8.30. The number of carbonyl (C=O) groups excluding carboxylic acids is 1. The van der Waals surface area contributed by atoms with Crippen LogP contribution < -0.4 is 0 Å². The molecule has 12 heavy (non-hydrogen) atoms. The van der Waals surface area contributed by atoms with E-state index in [1.54, 1.807) is 0 Å². The van der Waals surface area contributed by atoms with Crippen molar-refractivity contribution in [1.29, 1.82) is 0 Å². The maximum Gasteiger partial charge on any atom is 0.305 e. The van der Waals surface area contributed by atoms with Crippen molar-refractivity contribution in [3.63, 3.8) is 0 Å². The van der Waals surface area contributed by atoms with Crippen LogP contribution in [0.1, 0.15) is 39.5 Å². The van der Waals surface area contributed by atoms with Gasteiger partial charge in [-0.05, 0) is 12.8 Å². The first-order valence-electron chi connectivity index (χ1n) is 4.41. The first-order chi connectivity index (χ1) is 5.81. The number of aliphatic hydroxyl groups is 1. The zero-order valence-electron chi connectivity index (χ0n) is 8.30. The Morgan fingerprint density at radius 2 is 1.83 bits per heavy atom. The van der Waals surface area contributed by atoms with Gasteiger partial charge in [-0.25, -0.2) is 0 Å². The van der Waals surface area contributed by atoms with E-state index in [4.69, 9.17) is 9.84 Å². The van der Waals surface area contributed by atoms with Crippen LogP contribution in [0.4, 0.5) is 0 Å². The second kappa shape index (κ2) is 13.1. The van der Waals surface area contributed by atoms with Crippen molar-refractivity contribution in [3.8, 4) is 0 Å². The number of unbranched alkanes of at least 4 members (excludes halogenated alkanes) is 1. The summed E-state index contributed by atoms with van der Waals surface area (Å²) in [6, 6.07) is 0. The van der Waals surface area contributed by atoms with E-state index >= 15 is 0 Å². The van der Waals surface area contributed by atoms with Crippen molar-refractivity contribution in [2.24, 2.45) is 0 Å². The summed E-state index contributed by atoms with van der Waals surface area (Å²) in [4.78, 5) is 10.7. The third-order valence-electron chi connectivity index (χ3n) is 1.22. The van der Waals surface area contributed by atoms with Gasteiger partial charge >= 0.3 is 5.97 Å². The molecule has 0 bridgehead atoms. The van der Waals surface area contributed by atoms with Crippen molar-refractivity contribution in [2.75, 3.05) is 13.7 Å². The van der Waals surface area contributed by atoms with E-state index in [1.165, 1.54) is 0 Å². The number of hydrogen-bond donors (Lipinski definition) is 1. The standard InChI is InChI=1S/C8H16O2.CH4O/c1-3-5-7-10-8(9)6-4-2;1-2/h3-7H2,1-2H3;2H,1H3. The van der Waals surface area contributed by atoms with Gasteiger partial charge in [0.05, 0.1) is 6.61 Å². The molecule has 0 aliphatic carbocycles. The first kappa shape index (κ1) is 14.0. The van der Waals surface area contributed by atoms with Gasteiger partial charge in [0, 0.05) is 13.5 Å². The second-order valence-corrected chi connectivity index (χ2v) is 2.32. The molecule has 74 valence electrons. The highest BCUT2D eigenvalue weighted by Crippen LogP contribution is 1.93. The fourth-order valence-electron chi connectivity index (χ4n) is 0.607. The molecule has 0 spiro atoms. The van der Waals surface area contributed by atoms with Crippen molar-refractivity contribution >= 4 is 5.97 Å². The topological polar surface area (TPSA) is 46.5 Å². The number of aliphatic hydroxyl groups excluding tert-OH is 1. The summed E-state index contributed by atoms with van der Waals surface area (Å²) >= 11 is 0. The number of hydrogen-bond acceptors (Lipinski definition) is 3. The highest BCUT2D eigenvalue weighted by Gasteiger charge is 1.97. The van der Waals surface area contributed by atoms with Gasteiger partial charge < -0.3 is 9.84 Å². The normalized spacial score (nSPS) is 8.33. The van der Waals surface area contributed by atoms with E-state index in [2.05, 4.69) is 6.92 Å². The smallest absolute Gasteiger partial charge is 0.305 e. The Morgan fingerprint density at radius 1 is 1.25 bits per heavy atom. The minimum atomic E-state index is -0.0593. The highest BCUT2D eigenvalue weighted by molar-refractivity contribution is 5.69. The summed E-state index contributed by atoms with van der Waals surface area (Å²) < 4.78 is 4.88. The van der Waals surface area contributed by atoms with E-state index in [-0.39, 0.29) is 5.97 Å². The molecule has 0 radical (unpaired) electrons. The van der Waals surface area contributed by atoms with Gasteiger partial charge in [-0.2, -0.15) is 0 Å². The lowest BCUT2D eigenvalue weighted by atomic mass is 10.3. The molecule has 0 atom stereocenters. The van der Waals surface area contributed by atoms with Gasteiger partial charge in [-0.3, -0.25) is 4.79 Å². The predicted octanol–water partition coefficient (Wildman–Crippen LogP) is 1.74. The highest BCUT2D eigenvalue weighted by atomic mass is 16.5. The molecule has 3 heteroatoms. The SMILES string of the molecule is CCCCOC(=O)CCC.CO. The van der Waals surface area contributed by atoms with Gasteiger partial charge in [-0.1, -0.05) is 20.3 Å². The van der Waals surface area contributed by atoms with Crippen LogP contribution in [0.15, 0.2) is 0 Å². The average molecular weight is 176 g/mol. The Morgan fingerprint density at radius 3 is 2.25 bits per heavy atom. The van der Waals surface area contributed by atoms with E-state index in [0.29, 0.717) is 13.0 Å². The lowest BCUT2D eigenvalue weighted by Crippen LogP contribution is -2.04. The van der Waals surface area contributed by atoms with Gasteiger partial charge in [0.1, 0.15) is 0 Å². The molecule has 0 aliphatic heterocycles. The number of carbonyl (C=O) groups is 1. The lowest BCUT2D eigenvalue weighted by molar-refractivity contribution is -0.143. The average Bonchev–Trinajstić information content (AvgIpc) is 2.09. The fourth-order valence-corrected chi connectivity index (χ4v) is 0.607. The van der Waals surface area contributed by atoms with Crippen LogP contribution in [0.3, 0.4) is 0 Å². The fraction of sp³-hybridized carbons (Fsp3) is 0.889. The second-order valence-electron chi connectivity index (χ2n) is 2.32. The molecule has 0 amide bonds. The maximum atomic E-state index is 10.7. The number of esters is 1. The summed E-state index contributed by atoms with van der Waals surface area (Å²) in [6.07, 6.45) is 3.50. The molecule has 0 heterocycles. The Labute approximate surface area is 74.7 Å². The van der Waals surface area contributed by atoms with Gasteiger partial charge in [-0.15, -0.1) is 0 Å². The summed E-state index contributed by atoms with van der Waals surface area (Å²) in [7, 11) is 1.00. The van der Waals surface area contributed by atoms with Gasteiger partial charge in [0.2, 0.25) is 0 Å². The summed E-state index contributed by atoms with van der Waals surface area (Å²) in [5.41, 5.74) is 0. The van der Waals surface area contributed by atoms with Crippen molar-refractivity contribution < 1.29 is 14.6 Å². The molecule has 0 aromatic heterocycles. The van der Waals surface area contributed by atoms with E-state index in [0.717, 1.165) is 26.4 Å². The monoisotopic (exact) mass is 176 g/mol. The van der Waals surface area contributed by atoms with Crippen molar-refractivity contribution in [2.45, 2.75) is 39.5 Å². The molecule has 0 saturated carbocycles. The first-order valence-corrected chi connectivity index (χ1v) is 4.41. The minimum Gasteiger partial charge on any atom is -0.466 e. The van der Waals surface area contributed by atoms with E-state index in [9.17, 15) is 4.79 Å². The van der Waals surface area contributed by atoms with E-state index in [1.807, 2.05) is 6.92 Å². The Balaban J connectivity index is 0. The summed E-state index contributed by atoms with van der Waals surface area (Å²) in [5.74, 6) is -0.0593. The van der Waals surface area contributed by atoms with Crippen LogP contribution in [0.25, 0.3) is 0 Å². The van der Waals surface area contributed by atoms with Crippen LogP contribution in [0, 0.1) is 0 Å². The van der Waals surface area contributed by atoms with Crippen molar-refractivity contribution in [1.82, 2.24) is 0 Å². The largest absolute Gasteiger partial charge is 0.466 e. The van der Waals surface area contributed by atoms with Crippen LogP contribution in [-0.2, 0) is 9.53 Å². The Bertz CT molecular complexity index is 91.8. The van der Waals surface area contributed by atoms with Crippen LogP contribution in [0.5, 0.6) is 0 Å². The summed E-state index contributed by atoms with van der Waals surface area (Å²) in [5, 5.41) is 7.00. The number of rotatable bonds is 5. The Hall–Kier alpha value is -0.570. The molecule has 0 aliphatic rings. The molecule has 3 nitrogen and oxygen atoms in total. The van der Waals surface area contributed by atoms with Crippen molar-refractivity contribution in [3.05, 3.63) is 0 Å². The Kier molecular flexibility index (Phi) is 15.2. The molecule has 0 rings (SSSR count). The maximum absolute atomic E-state index is 10.7. The molecule has 0 fully saturated rings. The lowest BCUT2D eigenvalue weighted by Gasteiger charge is -2.00. The molecule has 0 unspecified atom stereocenters. The van der Waals surface area contributed by atoms with Crippen LogP contribution in [0.2, 0.25) is 0 Å². The molecular formula is C9H20O3. The summed E-state index contributed by atoms with van der Waals surface area (Å²) in [6.45, 7) is 4.64. The number of ether oxygens (including phenoxy) is 1. The molecule has 0 aromatic carbocycles. The van der Waals surface area contributed by atoms with E-state index < -0.39 is 0 Å². The molecular weight excluding hydrogens is 156 g/mol. The quantitative estimate of drug-likeness (QED) is 0.512. The van der Waals surface area contributed by atoms with Gasteiger partial charge in [0.15, 0.2) is 0 Å². The van der Waals surface area contributed by atoms with Gasteiger partial charge in [0.25, 0.3) is 0 Å². The zero-order chi connectivity index (χ0) is 9.82. The molecule has 0 saturated heterocycles. The third-order valence-corrected chi connectivity index (χ3v) is 1.22. The molecule has 0 aromatic rings. The molecule has 1 N–H and O–H groups in total. The predicted molar refractivity (Wildman–Crippen MR) is 48.9 cm³/mol. The minimum absolute atomic E-state index is 0.0593. The van der Waals surface area contributed by atoms with Crippen LogP contribution >= 0.6 is 0 Å². The van der Waals surface area contributed by atoms with Crippen LogP contribution in [-0.4, -0.2) is 24.8 Å².